The van der Waals surface area contributed by atoms with Gasteiger partial charge in [0.05, 0.1) is 28.9 Å². The second kappa shape index (κ2) is 11.8. The molecule has 236 valence electrons. The number of rotatable bonds is 9. The topological polar surface area (TPSA) is 75.4 Å². The van der Waals surface area contributed by atoms with Crippen molar-refractivity contribution in [3.63, 3.8) is 0 Å². The van der Waals surface area contributed by atoms with Crippen molar-refractivity contribution in [2.45, 2.75) is 44.5 Å². The number of alkyl halides is 3. The Morgan fingerprint density at radius 1 is 1.07 bits per heavy atom. The summed E-state index contributed by atoms with van der Waals surface area (Å²) in [6.07, 6.45) is 1.70. The summed E-state index contributed by atoms with van der Waals surface area (Å²) in [6, 6.07) is 17.3. The fraction of sp³-hybridized carbons (Fsp3) is 0.324. The van der Waals surface area contributed by atoms with E-state index < -0.39 is 27.5 Å². The molecule has 3 aromatic carbocycles. The fourth-order valence-corrected chi connectivity index (χ4v) is 8.27. The van der Waals surface area contributed by atoms with Crippen LogP contribution in [0.15, 0.2) is 84.6 Å². The molecule has 0 unspecified atom stereocenters. The summed E-state index contributed by atoms with van der Waals surface area (Å²) < 4.78 is 84.7. The van der Waals surface area contributed by atoms with Crippen LogP contribution in [0.5, 0.6) is 5.75 Å². The Morgan fingerprint density at radius 3 is 2.56 bits per heavy atom. The molecule has 6 rings (SSSR count). The predicted molar refractivity (Wildman–Crippen MR) is 163 cm³/mol. The van der Waals surface area contributed by atoms with Crippen molar-refractivity contribution >= 4 is 16.1 Å². The van der Waals surface area contributed by atoms with Crippen LogP contribution in [0.2, 0.25) is 0 Å². The lowest BCUT2D eigenvalue weighted by molar-refractivity contribution is -0.137. The summed E-state index contributed by atoms with van der Waals surface area (Å²) in [4.78, 5) is 0. The molecule has 1 N–H and O–H groups in total. The van der Waals surface area contributed by atoms with E-state index in [0.717, 1.165) is 41.9 Å². The van der Waals surface area contributed by atoms with E-state index in [1.165, 1.54) is 40.2 Å². The molecule has 45 heavy (non-hydrogen) atoms. The minimum Gasteiger partial charge on any atom is -0.508 e. The molecule has 0 saturated heterocycles. The SMILES string of the molecule is C[C@]12Cc3cnn(-c4ccc(F)cc4)c3C=C1CC[C@@H]2CN(CCc1ccccc1O)S(=O)(=O)Cc1cccc(C(F)(F)F)c1. The third kappa shape index (κ3) is 6.28. The molecule has 0 spiro atoms. The maximum atomic E-state index is 13.9. The molecule has 0 bridgehead atoms. The number of hydrogen-bond donors (Lipinski definition) is 1. The average Bonchev–Trinajstić information content (AvgIpc) is 3.53. The normalized spacial score (nSPS) is 19.8. The van der Waals surface area contributed by atoms with E-state index in [4.69, 9.17) is 0 Å². The summed E-state index contributed by atoms with van der Waals surface area (Å²) in [5.74, 6) is -0.909. The van der Waals surface area contributed by atoms with Gasteiger partial charge in [0.1, 0.15) is 11.6 Å². The lowest BCUT2D eigenvalue weighted by Crippen LogP contribution is -2.42. The maximum Gasteiger partial charge on any atom is 0.416 e. The fourth-order valence-electron chi connectivity index (χ4n) is 6.71. The van der Waals surface area contributed by atoms with Gasteiger partial charge < -0.3 is 5.11 Å². The van der Waals surface area contributed by atoms with Gasteiger partial charge in [0, 0.05) is 13.1 Å². The van der Waals surface area contributed by atoms with Crippen LogP contribution in [0, 0.1) is 17.2 Å². The standard InChI is InChI=1S/C34H33F4N3O3S/c1-33-19-25-20-39-41(30-13-11-29(35)12-14-30)31(25)18-26(33)9-10-28(33)21-40(16-15-24-6-2-3-8-32(24)42)45(43,44)22-23-5-4-7-27(17-23)34(36,37)38/h2-8,11-14,17-18,20,28,42H,9-10,15-16,19,21-22H2,1H3/t28-,33+/m1/s1. The number of allylic oxidation sites excluding steroid dienone is 1. The van der Waals surface area contributed by atoms with Gasteiger partial charge in [-0.1, -0.05) is 48.9 Å². The van der Waals surface area contributed by atoms with Crippen molar-refractivity contribution in [3.05, 3.63) is 118 Å². The van der Waals surface area contributed by atoms with Crippen molar-refractivity contribution < 1.29 is 31.1 Å². The molecule has 0 radical (unpaired) electrons. The molecule has 1 heterocycles. The third-order valence-corrected chi connectivity index (χ3v) is 11.1. The van der Waals surface area contributed by atoms with Crippen LogP contribution in [-0.2, 0) is 34.8 Å². The van der Waals surface area contributed by atoms with Crippen LogP contribution in [0.3, 0.4) is 0 Å². The highest BCUT2D eigenvalue weighted by Crippen LogP contribution is 2.53. The Bertz CT molecular complexity index is 1850. The second-order valence-corrected chi connectivity index (χ2v) is 14.1. The van der Waals surface area contributed by atoms with Crippen LogP contribution < -0.4 is 0 Å². The maximum absolute atomic E-state index is 13.9. The number of aromatic nitrogens is 2. The van der Waals surface area contributed by atoms with E-state index in [9.17, 15) is 31.1 Å². The van der Waals surface area contributed by atoms with Gasteiger partial charge in [-0.05, 0) is 96.2 Å². The van der Waals surface area contributed by atoms with Crippen molar-refractivity contribution in [2.24, 2.45) is 11.3 Å². The Labute approximate surface area is 259 Å². The lowest BCUT2D eigenvalue weighted by Gasteiger charge is -2.38. The minimum absolute atomic E-state index is 0.0590. The number of nitrogens with zero attached hydrogens (tertiary/aromatic N) is 3. The minimum atomic E-state index is -4.59. The summed E-state index contributed by atoms with van der Waals surface area (Å²) in [7, 11) is -4.05. The van der Waals surface area contributed by atoms with Gasteiger partial charge in [-0.2, -0.15) is 18.3 Å². The number of phenolic OH excluding ortho intramolecular Hbond substituents is 1. The highest BCUT2D eigenvalue weighted by molar-refractivity contribution is 7.88. The molecule has 2 aliphatic carbocycles. The number of benzene rings is 3. The van der Waals surface area contributed by atoms with Gasteiger partial charge in [-0.3, -0.25) is 0 Å². The van der Waals surface area contributed by atoms with Crippen molar-refractivity contribution in [1.29, 1.82) is 0 Å². The highest BCUT2D eigenvalue weighted by Gasteiger charge is 2.47. The molecule has 1 aromatic heterocycles. The van der Waals surface area contributed by atoms with Crippen LogP contribution >= 0.6 is 0 Å². The molecule has 2 atom stereocenters. The average molecular weight is 640 g/mol. The molecule has 0 amide bonds. The molecule has 1 saturated carbocycles. The number of para-hydroxylation sites is 1. The zero-order valence-corrected chi connectivity index (χ0v) is 25.5. The zero-order chi connectivity index (χ0) is 32.0. The van der Waals surface area contributed by atoms with Crippen molar-refractivity contribution in [3.8, 4) is 11.4 Å². The molecule has 11 heteroatoms. The molecule has 1 fully saturated rings. The van der Waals surface area contributed by atoms with Gasteiger partial charge in [0.25, 0.3) is 0 Å². The summed E-state index contributed by atoms with van der Waals surface area (Å²) in [5, 5.41) is 14.9. The van der Waals surface area contributed by atoms with Crippen LogP contribution in [0.4, 0.5) is 17.6 Å². The van der Waals surface area contributed by atoms with Gasteiger partial charge in [-0.25, -0.2) is 21.8 Å². The second-order valence-electron chi connectivity index (χ2n) is 12.1. The first kappa shape index (κ1) is 31.0. The van der Waals surface area contributed by atoms with Crippen LogP contribution in [0.1, 0.15) is 47.7 Å². The van der Waals surface area contributed by atoms with Gasteiger partial charge >= 0.3 is 6.18 Å². The molecule has 2 aliphatic rings. The number of halogens is 4. The molecular formula is C34H33F4N3O3S. The quantitative estimate of drug-likeness (QED) is 0.197. The number of fused-ring (bicyclic) bond motifs is 2. The van der Waals surface area contributed by atoms with E-state index in [1.54, 1.807) is 41.2 Å². The number of hydrogen-bond acceptors (Lipinski definition) is 4. The van der Waals surface area contributed by atoms with E-state index in [-0.39, 0.29) is 48.0 Å². The van der Waals surface area contributed by atoms with Crippen molar-refractivity contribution in [1.82, 2.24) is 14.1 Å². The summed E-state index contributed by atoms with van der Waals surface area (Å²) >= 11 is 0. The molecule has 4 aromatic rings. The van der Waals surface area contributed by atoms with Gasteiger partial charge in [0.15, 0.2) is 0 Å². The Morgan fingerprint density at radius 2 is 1.82 bits per heavy atom. The molecule has 0 aliphatic heterocycles. The highest BCUT2D eigenvalue weighted by atomic mass is 32.2. The van der Waals surface area contributed by atoms with Gasteiger partial charge in [0.2, 0.25) is 10.0 Å². The number of aromatic hydroxyl groups is 1. The largest absolute Gasteiger partial charge is 0.508 e. The predicted octanol–water partition coefficient (Wildman–Crippen LogP) is 7.17. The first-order chi connectivity index (χ1) is 21.3. The summed E-state index contributed by atoms with van der Waals surface area (Å²) in [5.41, 5.74) is 3.24. The third-order valence-electron chi connectivity index (χ3n) is 9.27. The smallest absolute Gasteiger partial charge is 0.416 e. The first-order valence-electron chi connectivity index (χ1n) is 14.8. The molecular weight excluding hydrogens is 606 g/mol. The first-order valence-corrected chi connectivity index (χ1v) is 16.4. The van der Waals surface area contributed by atoms with E-state index in [0.29, 0.717) is 12.0 Å². The van der Waals surface area contributed by atoms with Crippen LogP contribution in [-0.4, -0.2) is 40.7 Å². The van der Waals surface area contributed by atoms with Crippen molar-refractivity contribution in [2.75, 3.05) is 13.1 Å². The van der Waals surface area contributed by atoms with E-state index in [1.807, 2.05) is 0 Å². The Kier molecular flexibility index (Phi) is 8.11. The molecule has 6 nitrogen and oxygen atoms in total. The Balaban J connectivity index is 1.28. The summed E-state index contributed by atoms with van der Waals surface area (Å²) in [6.45, 7) is 2.39. The van der Waals surface area contributed by atoms with Crippen LogP contribution in [0.25, 0.3) is 11.8 Å². The Hall–Kier alpha value is -3.96. The van der Waals surface area contributed by atoms with E-state index in [2.05, 4.69) is 18.1 Å². The number of phenols is 1. The zero-order valence-electron chi connectivity index (χ0n) is 24.6. The lowest BCUT2D eigenvalue weighted by atomic mass is 9.70. The number of sulfonamides is 1. The van der Waals surface area contributed by atoms with Gasteiger partial charge in [-0.15, -0.1) is 0 Å². The van der Waals surface area contributed by atoms with E-state index >= 15 is 0 Å². The monoisotopic (exact) mass is 639 g/mol.